The van der Waals surface area contributed by atoms with Crippen molar-refractivity contribution >= 4 is 56.6 Å². The number of nitro benzene ring substituents is 1. The Morgan fingerprint density at radius 3 is 2.67 bits per heavy atom. The number of halogens is 2. The molecule has 0 N–H and O–H groups in total. The van der Waals surface area contributed by atoms with Crippen LogP contribution in [0.4, 0.5) is 5.69 Å². The summed E-state index contributed by atoms with van der Waals surface area (Å²) in [6, 6.07) is 14.0. The molecule has 0 bridgehead atoms. The van der Waals surface area contributed by atoms with E-state index in [2.05, 4.69) is 20.9 Å². The zero-order valence-electron chi connectivity index (χ0n) is 20.5. The van der Waals surface area contributed by atoms with Crippen LogP contribution in [0.5, 0.6) is 0 Å². The molecule has 2 aromatic carbocycles. The summed E-state index contributed by atoms with van der Waals surface area (Å²) in [6.45, 7) is 3.61. The average Bonchev–Trinajstić information content (AvgIpc) is 3.48. The van der Waals surface area contributed by atoms with Crippen LogP contribution in [-0.4, -0.2) is 22.1 Å². The van der Waals surface area contributed by atoms with Gasteiger partial charge in [0.1, 0.15) is 11.5 Å². The summed E-state index contributed by atoms with van der Waals surface area (Å²) < 4.78 is 13.6. The van der Waals surface area contributed by atoms with Gasteiger partial charge in [-0.1, -0.05) is 35.1 Å². The lowest BCUT2D eigenvalue weighted by atomic mass is 9.96. The smallest absolute Gasteiger partial charge is 0.338 e. The number of allylic oxidation sites excluding steroid dienone is 1. The fourth-order valence-electron chi connectivity index (χ4n) is 4.27. The van der Waals surface area contributed by atoms with Gasteiger partial charge in [-0.05, 0) is 65.7 Å². The third-order valence-corrected chi connectivity index (χ3v) is 7.92. The highest BCUT2D eigenvalue weighted by atomic mass is 79.9. The first-order valence-electron chi connectivity index (χ1n) is 11.7. The van der Waals surface area contributed by atoms with Crippen molar-refractivity contribution in [2.24, 2.45) is 4.99 Å². The normalized spacial score (nSPS) is 15.2. The number of hydrogen-bond acceptors (Lipinski definition) is 8. The molecule has 0 radical (unpaired) electrons. The maximum atomic E-state index is 13.7. The summed E-state index contributed by atoms with van der Waals surface area (Å²) in [5, 5.41) is 11.6. The Bertz CT molecular complexity index is 1840. The van der Waals surface area contributed by atoms with Gasteiger partial charge in [0, 0.05) is 33.3 Å². The first-order chi connectivity index (χ1) is 18.7. The number of esters is 1. The SMILES string of the molecule is CCOC(=O)C1=C(C)N=c2s/c(=C/c3ccc(-c4ccc([N+](=O)[O-])cc4Br)o3)c(=O)n2C1c1ccc(Cl)cc1. The predicted molar refractivity (Wildman–Crippen MR) is 150 cm³/mol. The van der Waals surface area contributed by atoms with Crippen molar-refractivity contribution in [3.63, 3.8) is 0 Å². The van der Waals surface area contributed by atoms with E-state index in [9.17, 15) is 19.7 Å². The van der Waals surface area contributed by atoms with Gasteiger partial charge < -0.3 is 9.15 Å². The molecule has 4 aromatic rings. The Morgan fingerprint density at radius 2 is 2.00 bits per heavy atom. The predicted octanol–water partition coefficient (Wildman–Crippen LogP) is 5.38. The van der Waals surface area contributed by atoms with Gasteiger partial charge in [-0.25, -0.2) is 9.79 Å². The number of thiazole rings is 1. The number of carbonyl (C=O) groups is 1. The molecular formula is C27H19BrClN3O6S. The highest BCUT2D eigenvalue weighted by molar-refractivity contribution is 9.10. The van der Waals surface area contributed by atoms with Crippen molar-refractivity contribution in [2.75, 3.05) is 6.61 Å². The number of hydrogen-bond donors (Lipinski definition) is 0. The van der Waals surface area contributed by atoms with Crippen LogP contribution in [0.15, 0.2) is 84.5 Å². The van der Waals surface area contributed by atoms with Gasteiger partial charge in [0.05, 0.1) is 33.4 Å². The van der Waals surface area contributed by atoms with Crippen LogP contribution in [0.3, 0.4) is 0 Å². The average molecular weight is 629 g/mol. The molecule has 9 nitrogen and oxygen atoms in total. The van der Waals surface area contributed by atoms with Crippen molar-refractivity contribution in [1.29, 1.82) is 0 Å². The third-order valence-electron chi connectivity index (χ3n) is 6.03. The molecule has 1 aliphatic heterocycles. The van der Waals surface area contributed by atoms with Crippen molar-refractivity contribution in [3.05, 3.63) is 116 Å². The van der Waals surface area contributed by atoms with E-state index in [1.807, 2.05) is 0 Å². The number of rotatable bonds is 6. The third kappa shape index (κ3) is 5.12. The number of nitro groups is 1. The molecular weight excluding hydrogens is 610 g/mol. The lowest BCUT2D eigenvalue weighted by Crippen LogP contribution is -2.39. The minimum absolute atomic E-state index is 0.0498. The molecule has 1 aliphatic rings. The van der Waals surface area contributed by atoms with Crippen LogP contribution in [0, 0.1) is 10.1 Å². The Morgan fingerprint density at radius 1 is 1.26 bits per heavy atom. The van der Waals surface area contributed by atoms with E-state index in [1.165, 1.54) is 28.0 Å². The summed E-state index contributed by atoms with van der Waals surface area (Å²) in [4.78, 5) is 42.2. The summed E-state index contributed by atoms with van der Waals surface area (Å²) >= 11 is 10.6. The van der Waals surface area contributed by atoms with Gasteiger partial charge in [0.15, 0.2) is 4.80 Å². The second-order valence-electron chi connectivity index (χ2n) is 8.48. The van der Waals surface area contributed by atoms with E-state index >= 15 is 0 Å². The number of ether oxygens (including phenoxy) is 1. The van der Waals surface area contributed by atoms with Crippen LogP contribution in [-0.2, 0) is 9.53 Å². The number of fused-ring (bicyclic) bond motifs is 1. The van der Waals surface area contributed by atoms with Gasteiger partial charge in [-0.3, -0.25) is 19.5 Å². The molecule has 0 aliphatic carbocycles. The van der Waals surface area contributed by atoms with Crippen LogP contribution in [0.25, 0.3) is 17.4 Å². The molecule has 2 aromatic heterocycles. The summed E-state index contributed by atoms with van der Waals surface area (Å²) in [6.07, 6.45) is 1.61. The lowest BCUT2D eigenvalue weighted by molar-refractivity contribution is -0.384. The Kier molecular flexibility index (Phi) is 7.39. The van der Waals surface area contributed by atoms with Gasteiger partial charge in [-0.2, -0.15) is 0 Å². The molecule has 198 valence electrons. The number of nitrogens with zero attached hydrogens (tertiary/aromatic N) is 3. The number of aromatic nitrogens is 1. The first-order valence-corrected chi connectivity index (χ1v) is 13.7. The maximum absolute atomic E-state index is 13.7. The summed E-state index contributed by atoms with van der Waals surface area (Å²) in [7, 11) is 0. The standard InChI is InChI=1S/C27H19BrClN3O6S/c1-3-37-26(34)23-14(2)30-27-31(24(23)15-4-6-16(29)7-5-15)25(33)22(39-27)13-18-9-11-21(38-18)19-10-8-17(32(35)36)12-20(19)28/h4-13,24H,3H2,1-2H3/b22-13+. The molecule has 0 spiro atoms. The Balaban J connectivity index is 1.60. The van der Waals surface area contributed by atoms with Crippen LogP contribution < -0.4 is 14.9 Å². The molecule has 1 atom stereocenters. The highest BCUT2D eigenvalue weighted by Gasteiger charge is 2.33. The fourth-order valence-corrected chi connectivity index (χ4v) is 5.99. The molecule has 3 heterocycles. The molecule has 39 heavy (non-hydrogen) atoms. The van der Waals surface area contributed by atoms with E-state index in [0.717, 1.165) is 0 Å². The minimum Gasteiger partial charge on any atom is -0.463 e. The van der Waals surface area contributed by atoms with E-state index in [4.69, 9.17) is 20.8 Å². The van der Waals surface area contributed by atoms with Crippen molar-refractivity contribution < 1.29 is 18.9 Å². The van der Waals surface area contributed by atoms with E-state index in [1.54, 1.807) is 62.4 Å². The van der Waals surface area contributed by atoms with Crippen molar-refractivity contribution in [2.45, 2.75) is 19.9 Å². The molecule has 1 unspecified atom stereocenters. The molecule has 0 amide bonds. The number of non-ortho nitro benzene ring substituents is 1. The van der Waals surface area contributed by atoms with Gasteiger partial charge in [-0.15, -0.1) is 0 Å². The van der Waals surface area contributed by atoms with Gasteiger partial charge >= 0.3 is 5.97 Å². The topological polar surface area (TPSA) is 117 Å². The van der Waals surface area contributed by atoms with Crippen LogP contribution in [0.1, 0.15) is 31.2 Å². The molecule has 5 rings (SSSR count). The Labute approximate surface area is 238 Å². The second-order valence-corrected chi connectivity index (χ2v) is 10.8. The number of benzene rings is 2. The van der Waals surface area contributed by atoms with E-state index in [0.29, 0.717) is 47.2 Å². The largest absolute Gasteiger partial charge is 0.463 e. The number of carbonyl (C=O) groups excluding carboxylic acids is 1. The lowest BCUT2D eigenvalue weighted by Gasteiger charge is -2.24. The van der Waals surface area contributed by atoms with Crippen LogP contribution >= 0.6 is 38.9 Å². The second kappa shape index (κ2) is 10.8. The first kappa shape index (κ1) is 26.8. The van der Waals surface area contributed by atoms with Crippen molar-refractivity contribution in [3.8, 4) is 11.3 Å². The molecule has 0 fully saturated rings. The fraction of sp³-hybridized carbons (Fsp3) is 0.148. The van der Waals surface area contributed by atoms with Crippen LogP contribution in [0.2, 0.25) is 5.02 Å². The highest BCUT2D eigenvalue weighted by Crippen LogP contribution is 2.33. The Hall–Kier alpha value is -3.80. The monoisotopic (exact) mass is 627 g/mol. The van der Waals surface area contributed by atoms with E-state index < -0.39 is 16.9 Å². The zero-order chi connectivity index (χ0) is 27.8. The summed E-state index contributed by atoms with van der Waals surface area (Å²) in [5.41, 5.74) is 1.66. The summed E-state index contributed by atoms with van der Waals surface area (Å²) in [5.74, 6) is 0.331. The minimum atomic E-state index is -0.747. The van der Waals surface area contributed by atoms with Crippen molar-refractivity contribution in [1.82, 2.24) is 4.57 Å². The molecule has 12 heteroatoms. The maximum Gasteiger partial charge on any atom is 0.338 e. The quantitative estimate of drug-likeness (QED) is 0.161. The van der Waals surface area contributed by atoms with Gasteiger partial charge in [0.25, 0.3) is 11.2 Å². The number of furan rings is 1. The molecule has 0 saturated carbocycles. The zero-order valence-corrected chi connectivity index (χ0v) is 23.7. The van der Waals surface area contributed by atoms with Gasteiger partial charge in [0.2, 0.25) is 0 Å². The van der Waals surface area contributed by atoms with E-state index in [-0.39, 0.29) is 23.4 Å². The molecule has 0 saturated heterocycles.